The number of nitrogens with zero attached hydrogens (tertiary/aromatic N) is 1. The number of carbonyl (C=O) groups is 2. The van der Waals surface area contributed by atoms with Gasteiger partial charge in [-0.1, -0.05) is 41.9 Å². The van der Waals surface area contributed by atoms with E-state index in [2.05, 4.69) is 5.32 Å². The number of benzene rings is 2. The van der Waals surface area contributed by atoms with Crippen molar-refractivity contribution in [3.05, 3.63) is 71.6 Å². The molecule has 0 saturated carbocycles. The lowest BCUT2D eigenvalue weighted by Crippen LogP contribution is -2.34. The van der Waals surface area contributed by atoms with Crippen molar-refractivity contribution < 1.29 is 18.7 Å². The van der Waals surface area contributed by atoms with Crippen LogP contribution in [0.25, 0.3) is 11.1 Å². The summed E-state index contributed by atoms with van der Waals surface area (Å²) in [5.41, 5.74) is 2.08. The highest BCUT2D eigenvalue weighted by molar-refractivity contribution is 6.32. The minimum atomic E-state index is -0.389. The zero-order valence-corrected chi connectivity index (χ0v) is 17.6. The molecule has 3 rings (SSSR count). The topological polar surface area (TPSA) is 71.8 Å². The summed E-state index contributed by atoms with van der Waals surface area (Å²) >= 11 is 6.27. The van der Waals surface area contributed by atoms with Crippen LogP contribution < -0.4 is 10.1 Å². The molecule has 1 heterocycles. The summed E-state index contributed by atoms with van der Waals surface area (Å²) in [7, 11) is 0. The molecule has 156 valence electrons. The van der Waals surface area contributed by atoms with Gasteiger partial charge in [-0.05, 0) is 43.7 Å². The normalized spacial score (nSPS) is 10.5. The SMILES string of the molecule is CCN(CC)C(=O)COc1ccc(NC(=O)c2occc2-c2ccccc2)cc1Cl. The fraction of sp³-hybridized carbons (Fsp3) is 0.217. The molecule has 0 unspecified atom stereocenters. The highest BCUT2D eigenvalue weighted by atomic mass is 35.5. The molecule has 0 aliphatic carbocycles. The van der Waals surface area contributed by atoms with Gasteiger partial charge in [-0.15, -0.1) is 0 Å². The van der Waals surface area contributed by atoms with E-state index in [-0.39, 0.29) is 24.2 Å². The van der Waals surface area contributed by atoms with Crippen LogP contribution in [0.3, 0.4) is 0 Å². The smallest absolute Gasteiger partial charge is 0.292 e. The molecule has 0 saturated heterocycles. The van der Waals surface area contributed by atoms with Crippen LogP contribution in [-0.4, -0.2) is 36.4 Å². The number of furan rings is 1. The van der Waals surface area contributed by atoms with Gasteiger partial charge in [0.05, 0.1) is 11.3 Å². The highest BCUT2D eigenvalue weighted by Crippen LogP contribution is 2.29. The summed E-state index contributed by atoms with van der Waals surface area (Å²) in [5.74, 6) is 0.0839. The Balaban J connectivity index is 1.67. The van der Waals surface area contributed by atoms with E-state index in [9.17, 15) is 9.59 Å². The standard InChI is InChI=1S/C23H23ClN2O4/c1-3-26(4-2)21(27)15-30-20-11-10-17(14-19(20)24)25-23(28)22-18(12-13-29-22)16-8-6-5-7-9-16/h5-14H,3-4,15H2,1-2H3,(H,25,28). The van der Waals surface area contributed by atoms with Crippen molar-refractivity contribution in [1.82, 2.24) is 4.90 Å². The number of hydrogen-bond donors (Lipinski definition) is 1. The van der Waals surface area contributed by atoms with E-state index in [1.54, 1.807) is 29.2 Å². The first kappa shape index (κ1) is 21.5. The Labute approximate surface area is 180 Å². The summed E-state index contributed by atoms with van der Waals surface area (Å²) in [4.78, 5) is 26.4. The Kier molecular flexibility index (Phi) is 7.14. The maximum absolute atomic E-state index is 12.7. The zero-order chi connectivity index (χ0) is 21.5. The second-order valence-electron chi connectivity index (χ2n) is 6.48. The van der Waals surface area contributed by atoms with E-state index < -0.39 is 0 Å². The monoisotopic (exact) mass is 426 g/mol. The van der Waals surface area contributed by atoms with Crippen LogP contribution in [0.1, 0.15) is 24.4 Å². The predicted molar refractivity (Wildman–Crippen MR) is 117 cm³/mol. The number of likely N-dealkylation sites (N-methyl/N-ethyl adjacent to an activating group) is 1. The largest absolute Gasteiger partial charge is 0.482 e. The summed E-state index contributed by atoms with van der Waals surface area (Å²) < 4.78 is 10.9. The minimum Gasteiger partial charge on any atom is -0.482 e. The predicted octanol–water partition coefficient (Wildman–Crippen LogP) is 5.10. The van der Waals surface area contributed by atoms with E-state index in [1.807, 2.05) is 44.2 Å². The number of amides is 2. The van der Waals surface area contributed by atoms with Gasteiger partial charge in [0.1, 0.15) is 5.75 Å². The Hall–Kier alpha value is -3.25. The maximum Gasteiger partial charge on any atom is 0.292 e. The number of ether oxygens (including phenoxy) is 1. The van der Waals surface area contributed by atoms with Crippen molar-refractivity contribution in [2.24, 2.45) is 0 Å². The number of hydrogen-bond acceptors (Lipinski definition) is 4. The first-order chi connectivity index (χ1) is 14.5. The van der Waals surface area contributed by atoms with Crippen molar-refractivity contribution in [2.45, 2.75) is 13.8 Å². The van der Waals surface area contributed by atoms with Gasteiger partial charge in [0, 0.05) is 24.3 Å². The van der Waals surface area contributed by atoms with Gasteiger partial charge in [0.25, 0.3) is 11.8 Å². The molecule has 30 heavy (non-hydrogen) atoms. The molecule has 0 aliphatic rings. The maximum atomic E-state index is 12.7. The zero-order valence-electron chi connectivity index (χ0n) is 16.9. The molecule has 2 aromatic carbocycles. The molecule has 0 radical (unpaired) electrons. The average molecular weight is 427 g/mol. The van der Waals surface area contributed by atoms with Crippen LogP contribution >= 0.6 is 11.6 Å². The average Bonchev–Trinajstić information content (AvgIpc) is 3.25. The Morgan fingerprint density at radius 3 is 2.47 bits per heavy atom. The highest BCUT2D eigenvalue weighted by Gasteiger charge is 2.18. The first-order valence-corrected chi connectivity index (χ1v) is 10.1. The molecular weight excluding hydrogens is 404 g/mol. The van der Waals surface area contributed by atoms with E-state index >= 15 is 0 Å². The molecule has 3 aromatic rings. The molecule has 2 amide bonds. The minimum absolute atomic E-state index is 0.0973. The Morgan fingerprint density at radius 1 is 1.07 bits per heavy atom. The van der Waals surface area contributed by atoms with E-state index in [0.717, 1.165) is 5.56 Å². The number of rotatable bonds is 8. The van der Waals surface area contributed by atoms with Crippen LogP contribution in [0, 0.1) is 0 Å². The van der Waals surface area contributed by atoms with Gasteiger partial charge in [-0.25, -0.2) is 0 Å². The summed E-state index contributed by atoms with van der Waals surface area (Å²) in [6, 6.07) is 16.1. The van der Waals surface area contributed by atoms with Crippen LogP contribution in [-0.2, 0) is 4.79 Å². The summed E-state index contributed by atoms with van der Waals surface area (Å²) in [6.45, 7) is 4.96. The number of nitrogens with one attached hydrogen (secondary N) is 1. The Morgan fingerprint density at radius 2 is 1.80 bits per heavy atom. The number of carbonyl (C=O) groups excluding carboxylic acids is 2. The molecule has 0 bridgehead atoms. The molecule has 7 heteroatoms. The lowest BCUT2D eigenvalue weighted by Gasteiger charge is -2.19. The third-order valence-corrected chi connectivity index (χ3v) is 4.91. The lowest BCUT2D eigenvalue weighted by molar-refractivity contribution is -0.132. The quantitative estimate of drug-likeness (QED) is 0.544. The molecular formula is C23H23ClN2O4. The fourth-order valence-electron chi connectivity index (χ4n) is 3.02. The first-order valence-electron chi connectivity index (χ1n) is 9.67. The summed E-state index contributed by atoms with van der Waals surface area (Å²) in [5, 5.41) is 3.07. The van der Waals surface area contributed by atoms with Crippen molar-refractivity contribution in [2.75, 3.05) is 25.0 Å². The second-order valence-corrected chi connectivity index (χ2v) is 6.89. The van der Waals surface area contributed by atoms with Gasteiger partial charge < -0.3 is 19.4 Å². The van der Waals surface area contributed by atoms with Crippen molar-refractivity contribution in [3.8, 4) is 16.9 Å². The van der Waals surface area contributed by atoms with Gasteiger partial charge in [-0.3, -0.25) is 9.59 Å². The molecule has 0 fully saturated rings. The molecule has 0 spiro atoms. The van der Waals surface area contributed by atoms with Crippen LogP contribution in [0.2, 0.25) is 5.02 Å². The number of anilines is 1. The van der Waals surface area contributed by atoms with Crippen LogP contribution in [0.15, 0.2) is 65.3 Å². The summed E-state index contributed by atoms with van der Waals surface area (Å²) in [6.07, 6.45) is 1.48. The molecule has 6 nitrogen and oxygen atoms in total. The Bertz CT molecular complexity index is 1010. The number of halogens is 1. The van der Waals surface area contributed by atoms with Gasteiger partial charge >= 0.3 is 0 Å². The third kappa shape index (κ3) is 5.02. The van der Waals surface area contributed by atoms with Gasteiger partial charge in [-0.2, -0.15) is 0 Å². The van der Waals surface area contributed by atoms with Gasteiger partial charge in [0.2, 0.25) is 0 Å². The van der Waals surface area contributed by atoms with E-state index in [4.69, 9.17) is 20.8 Å². The molecule has 0 atom stereocenters. The van der Waals surface area contributed by atoms with Crippen LogP contribution in [0.5, 0.6) is 5.75 Å². The van der Waals surface area contributed by atoms with Crippen molar-refractivity contribution in [1.29, 1.82) is 0 Å². The molecule has 1 N–H and O–H groups in total. The third-order valence-electron chi connectivity index (χ3n) is 4.61. The lowest BCUT2D eigenvalue weighted by atomic mass is 10.1. The second kappa shape index (κ2) is 9.98. The van der Waals surface area contributed by atoms with Crippen LogP contribution in [0.4, 0.5) is 5.69 Å². The fourth-order valence-corrected chi connectivity index (χ4v) is 3.26. The van der Waals surface area contributed by atoms with Gasteiger partial charge in [0.15, 0.2) is 12.4 Å². The molecule has 0 aliphatic heterocycles. The molecule has 1 aromatic heterocycles. The van der Waals surface area contributed by atoms with Crippen molar-refractivity contribution in [3.63, 3.8) is 0 Å². The van der Waals surface area contributed by atoms with E-state index in [1.165, 1.54) is 6.26 Å². The van der Waals surface area contributed by atoms with Crippen molar-refractivity contribution >= 4 is 29.1 Å². The van der Waals surface area contributed by atoms with E-state index in [0.29, 0.717) is 35.1 Å².